The maximum absolute atomic E-state index is 9.87. The lowest BCUT2D eigenvalue weighted by Gasteiger charge is -1.86. The Morgan fingerprint density at radius 2 is 2.40 bits per heavy atom. The molecule has 0 N–H and O–H groups in total. The summed E-state index contributed by atoms with van der Waals surface area (Å²) >= 11 is 0. The minimum atomic E-state index is 0.743. The van der Waals surface area contributed by atoms with Crippen LogP contribution in [0, 0.1) is 0 Å². The second kappa shape index (κ2) is 3.56. The van der Waals surface area contributed by atoms with Crippen molar-refractivity contribution < 1.29 is 4.79 Å². The molecule has 0 atom stereocenters. The van der Waals surface area contributed by atoms with Gasteiger partial charge in [-0.05, 0) is 17.7 Å². The molecule has 1 aromatic heterocycles. The molecule has 0 aliphatic heterocycles. The van der Waals surface area contributed by atoms with Gasteiger partial charge in [-0.1, -0.05) is 12.1 Å². The van der Waals surface area contributed by atoms with Crippen LogP contribution in [0.4, 0.5) is 0 Å². The Bertz CT molecular complexity index is 228. The van der Waals surface area contributed by atoms with E-state index in [2.05, 4.69) is 4.98 Å². The summed E-state index contributed by atoms with van der Waals surface area (Å²) in [4.78, 5) is 13.7. The van der Waals surface area contributed by atoms with Crippen LogP contribution in [0.5, 0.6) is 0 Å². The SMILES string of the molecule is O=C/C=C\c1cccnc1. The highest BCUT2D eigenvalue weighted by Gasteiger charge is 1.80. The zero-order chi connectivity index (χ0) is 7.23. The molecular weight excluding hydrogens is 126 g/mol. The number of carbonyl (C=O) groups excluding carboxylic acids is 1. The number of carbonyl (C=O) groups is 1. The lowest BCUT2D eigenvalue weighted by molar-refractivity contribution is -0.104. The molecule has 2 heteroatoms. The van der Waals surface area contributed by atoms with E-state index in [4.69, 9.17) is 0 Å². The lowest BCUT2D eigenvalue weighted by atomic mass is 10.3. The van der Waals surface area contributed by atoms with E-state index in [1.807, 2.05) is 12.1 Å². The molecule has 0 spiro atoms. The van der Waals surface area contributed by atoms with Crippen molar-refractivity contribution in [3.63, 3.8) is 0 Å². The molecule has 0 aromatic carbocycles. The number of nitrogens with zero attached hydrogens (tertiary/aromatic N) is 1. The van der Waals surface area contributed by atoms with Crippen molar-refractivity contribution in [2.45, 2.75) is 0 Å². The van der Waals surface area contributed by atoms with E-state index in [9.17, 15) is 4.79 Å². The quantitative estimate of drug-likeness (QED) is 0.449. The molecular formula is C8H7NO. The van der Waals surface area contributed by atoms with Crippen LogP contribution in [0.3, 0.4) is 0 Å². The zero-order valence-corrected chi connectivity index (χ0v) is 5.40. The van der Waals surface area contributed by atoms with Crippen LogP contribution in [-0.4, -0.2) is 11.3 Å². The fraction of sp³-hybridized carbons (Fsp3) is 0. The highest BCUT2D eigenvalue weighted by molar-refractivity contribution is 5.73. The van der Waals surface area contributed by atoms with Gasteiger partial charge in [-0.2, -0.15) is 0 Å². The van der Waals surface area contributed by atoms with E-state index in [0.717, 1.165) is 11.8 Å². The number of allylic oxidation sites excluding steroid dienone is 1. The lowest BCUT2D eigenvalue weighted by Crippen LogP contribution is -1.72. The molecule has 0 aliphatic rings. The van der Waals surface area contributed by atoms with Gasteiger partial charge in [-0.3, -0.25) is 9.78 Å². The van der Waals surface area contributed by atoms with Crippen LogP contribution < -0.4 is 0 Å². The van der Waals surface area contributed by atoms with Crippen molar-refractivity contribution in [1.29, 1.82) is 0 Å². The van der Waals surface area contributed by atoms with Gasteiger partial charge in [0, 0.05) is 12.4 Å². The van der Waals surface area contributed by atoms with Gasteiger partial charge in [-0.15, -0.1) is 0 Å². The Morgan fingerprint density at radius 3 is 3.00 bits per heavy atom. The zero-order valence-electron chi connectivity index (χ0n) is 5.40. The van der Waals surface area contributed by atoms with Crippen molar-refractivity contribution in [2.24, 2.45) is 0 Å². The van der Waals surface area contributed by atoms with Crippen LogP contribution in [0.15, 0.2) is 30.6 Å². The number of pyridine rings is 1. The molecule has 0 saturated heterocycles. The average molecular weight is 133 g/mol. The smallest absolute Gasteiger partial charge is 0.142 e. The second-order valence-corrected chi connectivity index (χ2v) is 1.78. The minimum absolute atomic E-state index is 0.743. The van der Waals surface area contributed by atoms with Gasteiger partial charge >= 0.3 is 0 Å². The Kier molecular flexibility index (Phi) is 2.38. The first-order valence-electron chi connectivity index (χ1n) is 2.95. The average Bonchev–Trinajstić information content (AvgIpc) is 2.03. The van der Waals surface area contributed by atoms with E-state index >= 15 is 0 Å². The van der Waals surface area contributed by atoms with Gasteiger partial charge in [-0.25, -0.2) is 0 Å². The summed E-state index contributed by atoms with van der Waals surface area (Å²) < 4.78 is 0. The third-order valence-electron chi connectivity index (χ3n) is 1.05. The molecule has 0 radical (unpaired) electrons. The summed E-state index contributed by atoms with van der Waals surface area (Å²) in [7, 11) is 0. The molecule has 1 aromatic rings. The van der Waals surface area contributed by atoms with Crippen LogP contribution in [0.25, 0.3) is 6.08 Å². The number of hydrogen-bond acceptors (Lipinski definition) is 2. The predicted molar refractivity (Wildman–Crippen MR) is 39.3 cm³/mol. The number of aromatic nitrogens is 1. The number of rotatable bonds is 2. The second-order valence-electron chi connectivity index (χ2n) is 1.78. The Labute approximate surface area is 59.2 Å². The molecule has 0 amide bonds. The molecule has 2 nitrogen and oxygen atoms in total. The molecule has 0 unspecified atom stereocenters. The fourth-order valence-corrected chi connectivity index (χ4v) is 0.625. The highest BCUT2D eigenvalue weighted by Crippen LogP contribution is 1.96. The summed E-state index contributed by atoms with van der Waals surface area (Å²) in [5.41, 5.74) is 0.939. The highest BCUT2D eigenvalue weighted by atomic mass is 16.1. The molecule has 0 bridgehead atoms. The van der Waals surface area contributed by atoms with Gasteiger partial charge < -0.3 is 0 Å². The standard InChI is InChI=1S/C8H7NO/c10-6-2-4-8-3-1-5-9-7-8/h1-7H/b4-2-. The van der Waals surface area contributed by atoms with E-state index in [1.54, 1.807) is 18.5 Å². The monoisotopic (exact) mass is 133 g/mol. The van der Waals surface area contributed by atoms with E-state index in [1.165, 1.54) is 6.08 Å². The van der Waals surface area contributed by atoms with Crippen LogP contribution >= 0.6 is 0 Å². The first-order chi connectivity index (χ1) is 4.93. The summed E-state index contributed by atoms with van der Waals surface area (Å²) in [5.74, 6) is 0. The van der Waals surface area contributed by atoms with Crippen molar-refractivity contribution >= 4 is 12.4 Å². The molecule has 10 heavy (non-hydrogen) atoms. The molecule has 1 heterocycles. The van der Waals surface area contributed by atoms with E-state index in [0.29, 0.717) is 0 Å². The van der Waals surface area contributed by atoms with Gasteiger partial charge in [0.25, 0.3) is 0 Å². The van der Waals surface area contributed by atoms with Crippen LogP contribution in [0.1, 0.15) is 5.56 Å². The number of aldehydes is 1. The summed E-state index contributed by atoms with van der Waals surface area (Å²) in [6, 6.07) is 3.71. The molecule has 1 rings (SSSR count). The van der Waals surface area contributed by atoms with Crippen molar-refractivity contribution in [3.8, 4) is 0 Å². The van der Waals surface area contributed by atoms with Crippen molar-refractivity contribution in [2.75, 3.05) is 0 Å². The molecule has 0 saturated carbocycles. The summed E-state index contributed by atoms with van der Waals surface area (Å²) in [6.45, 7) is 0. The Morgan fingerprint density at radius 1 is 1.50 bits per heavy atom. The summed E-state index contributed by atoms with van der Waals surface area (Å²) in [6.07, 6.45) is 7.28. The van der Waals surface area contributed by atoms with E-state index in [-0.39, 0.29) is 0 Å². The van der Waals surface area contributed by atoms with Crippen molar-refractivity contribution in [1.82, 2.24) is 4.98 Å². The Hall–Kier alpha value is -1.44. The maximum Gasteiger partial charge on any atom is 0.142 e. The fourth-order valence-electron chi connectivity index (χ4n) is 0.625. The first kappa shape index (κ1) is 6.68. The van der Waals surface area contributed by atoms with E-state index < -0.39 is 0 Å². The molecule has 0 fully saturated rings. The van der Waals surface area contributed by atoms with Crippen LogP contribution in [0.2, 0.25) is 0 Å². The normalized spacial score (nSPS) is 10.0. The first-order valence-corrected chi connectivity index (χ1v) is 2.95. The van der Waals surface area contributed by atoms with Gasteiger partial charge in [0.05, 0.1) is 0 Å². The largest absolute Gasteiger partial charge is 0.299 e. The summed E-state index contributed by atoms with van der Waals surface area (Å²) in [5, 5.41) is 0. The third-order valence-corrected chi connectivity index (χ3v) is 1.05. The molecule has 0 aliphatic carbocycles. The van der Waals surface area contributed by atoms with Crippen LogP contribution in [-0.2, 0) is 4.79 Å². The Balaban J connectivity index is 2.76. The van der Waals surface area contributed by atoms with Gasteiger partial charge in [0.1, 0.15) is 6.29 Å². The van der Waals surface area contributed by atoms with Crippen molar-refractivity contribution in [3.05, 3.63) is 36.2 Å². The maximum atomic E-state index is 9.87. The van der Waals surface area contributed by atoms with Gasteiger partial charge in [0.2, 0.25) is 0 Å². The predicted octanol–water partition coefficient (Wildman–Crippen LogP) is 1.29. The molecule has 50 valence electrons. The number of hydrogen-bond donors (Lipinski definition) is 0. The topological polar surface area (TPSA) is 30.0 Å². The van der Waals surface area contributed by atoms with Gasteiger partial charge in [0.15, 0.2) is 0 Å². The minimum Gasteiger partial charge on any atom is -0.299 e. The third kappa shape index (κ3) is 1.82.